The molecule has 9 heteroatoms. The molecule has 1 aliphatic carbocycles. The molecule has 3 aromatic heterocycles. The van der Waals surface area contributed by atoms with Crippen molar-refractivity contribution in [2.45, 2.75) is 12.8 Å². The summed E-state index contributed by atoms with van der Waals surface area (Å²) in [5.74, 6) is 1.82. The number of anilines is 3. The maximum absolute atomic E-state index is 11.8. The molecular formula is C19H22N8O. The summed E-state index contributed by atoms with van der Waals surface area (Å²) in [5.41, 5.74) is 2.76. The lowest BCUT2D eigenvalue weighted by atomic mass is 10.2. The molecule has 1 saturated carbocycles. The third-order valence-electron chi connectivity index (χ3n) is 5.38. The molecule has 0 radical (unpaired) electrons. The molecule has 0 aromatic carbocycles. The van der Waals surface area contributed by atoms with Gasteiger partial charge in [0.15, 0.2) is 11.5 Å². The Kier molecular flexibility index (Phi) is 4.07. The van der Waals surface area contributed by atoms with Crippen molar-refractivity contribution >= 4 is 34.4 Å². The average Bonchev–Trinajstić information content (AvgIpc) is 3.52. The van der Waals surface area contributed by atoms with Crippen LogP contribution < -0.4 is 15.1 Å². The highest BCUT2D eigenvalue weighted by molar-refractivity contribution is 5.93. The number of carbonyl (C=O) groups excluding carboxylic acids is 1. The fourth-order valence-electron chi connectivity index (χ4n) is 3.60. The summed E-state index contributed by atoms with van der Waals surface area (Å²) in [7, 11) is 1.97. The van der Waals surface area contributed by atoms with Gasteiger partial charge in [0.05, 0.1) is 18.2 Å². The van der Waals surface area contributed by atoms with E-state index in [2.05, 4.69) is 35.1 Å². The Bertz CT molecular complexity index is 1000. The van der Waals surface area contributed by atoms with E-state index in [9.17, 15) is 4.79 Å². The molecule has 0 spiro atoms. The van der Waals surface area contributed by atoms with Gasteiger partial charge in [0, 0.05) is 39.1 Å². The molecule has 1 aliphatic heterocycles. The average molecular weight is 378 g/mol. The first-order valence-corrected chi connectivity index (χ1v) is 9.58. The summed E-state index contributed by atoms with van der Waals surface area (Å²) in [6, 6.07) is 3.90. The lowest BCUT2D eigenvalue weighted by Crippen LogP contribution is -2.47. The highest BCUT2D eigenvalue weighted by Gasteiger charge is 2.29. The van der Waals surface area contributed by atoms with Crippen LogP contribution in [0.25, 0.3) is 11.2 Å². The molecule has 0 unspecified atom stereocenters. The normalized spacial score (nSPS) is 17.2. The summed E-state index contributed by atoms with van der Waals surface area (Å²) >= 11 is 0. The van der Waals surface area contributed by atoms with Crippen molar-refractivity contribution in [1.82, 2.24) is 24.5 Å². The quantitative estimate of drug-likeness (QED) is 0.734. The third kappa shape index (κ3) is 3.12. The van der Waals surface area contributed by atoms with Crippen LogP contribution in [0, 0.1) is 5.92 Å². The van der Waals surface area contributed by atoms with Crippen molar-refractivity contribution in [2.24, 2.45) is 13.0 Å². The number of hydrogen-bond acceptors (Lipinski definition) is 7. The van der Waals surface area contributed by atoms with E-state index >= 15 is 0 Å². The van der Waals surface area contributed by atoms with Gasteiger partial charge >= 0.3 is 0 Å². The molecule has 5 rings (SSSR count). The second-order valence-corrected chi connectivity index (χ2v) is 7.36. The van der Waals surface area contributed by atoms with Crippen molar-refractivity contribution < 1.29 is 4.79 Å². The first kappa shape index (κ1) is 16.9. The van der Waals surface area contributed by atoms with Crippen molar-refractivity contribution in [3.05, 3.63) is 31.0 Å². The SMILES string of the molecule is Cn1cnc2ncnc(N3CCN(c4ccc(NC(=O)C5CC5)nc4)CC3)c21. The van der Waals surface area contributed by atoms with Gasteiger partial charge in [0.1, 0.15) is 17.7 Å². The van der Waals surface area contributed by atoms with Gasteiger partial charge in [-0.15, -0.1) is 0 Å². The van der Waals surface area contributed by atoms with Crippen molar-refractivity contribution in [2.75, 3.05) is 41.3 Å². The number of pyridine rings is 1. The van der Waals surface area contributed by atoms with Crippen molar-refractivity contribution in [3.63, 3.8) is 0 Å². The molecule has 0 atom stereocenters. The predicted octanol–water partition coefficient (Wildman–Crippen LogP) is 1.43. The Labute approximate surface area is 162 Å². The molecule has 3 aromatic rings. The minimum atomic E-state index is 0.0835. The van der Waals surface area contributed by atoms with E-state index in [1.807, 2.05) is 29.9 Å². The van der Waals surface area contributed by atoms with Crippen LogP contribution in [0.2, 0.25) is 0 Å². The highest BCUT2D eigenvalue weighted by Crippen LogP contribution is 2.30. The van der Waals surface area contributed by atoms with E-state index in [4.69, 9.17) is 0 Å². The monoisotopic (exact) mass is 378 g/mol. The van der Waals surface area contributed by atoms with Gasteiger partial charge in [-0.3, -0.25) is 4.79 Å². The van der Waals surface area contributed by atoms with E-state index < -0.39 is 0 Å². The molecule has 1 amide bonds. The first-order valence-electron chi connectivity index (χ1n) is 9.58. The lowest BCUT2D eigenvalue weighted by molar-refractivity contribution is -0.117. The number of carbonyl (C=O) groups is 1. The number of piperazine rings is 1. The second-order valence-electron chi connectivity index (χ2n) is 7.36. The van der Waals surface area contributed by atoms with Crippen LogP contribution in [-0.2, 0) is 11.8 Å². The van der Waals surface area contributed by atoms with Crippen LogP contribution in [0.15, 0.2) is 31.0 Å². The van der Waals surface area contributed by atoms with Crippen LogP contribution in [0.3, 0.4) is 0 Å². The maximum atomic E-state index is 11.8. The Hall–Kier alpha value is -3.23. The molecule has 144 valence electrons. The van der Waals surface area contributed by atoms with Crippen LogP contribution in [0.1, 0.15) is 12.8 Å². The maximum Gasteiger partial charge on any atom is 0.228 e. The van der Waals surface area contributed by atoms with Gasteiger partial charge in [0.25, 0.3) is 0 Å². The Balaban J connectivity index is 1.25. The van der Waals surface area contributed by atoms with Gasteiger partial charge in [-0.25, -0.2) is 19.9 Å². The number of imidazole rings is 1. The lowest BCUT2D eigenvalue weighted by Gasteiger charge is -2.36. The van der Waals surface area contributed by atoms with E-state index in [1.54, 1.807) is 12.7 Å². The molecule has 1 N–H and O–H groups in total. The predicted molar refractivity (Wildman–Crippen MR) is 106 cm³/mol. The van der Waals surface area contributed by atoms with Gasteiger partial charge in [-0.2, -0.15) is 0 Å². The summed E-state index contributed by atoms with van der Waals surface area (Å²) in [5, 5.41) is 2.88. The van der Waals surface area contributed by atoms with Crippen LogP contribution in [0.5, 0.6) is 0 Å². The van der Waals surface area contributed by atoms with E-state index in [1.165, 1.54) is 0 Å². The smallest absolute Gasteiger partial charge is 0.228 e. The zero-order valence-electron chi connectivity index (χ0n) is 15.7. The molecule has 0 bridgehead atoms. The van der Waals surface area contributed by atoms with E-state index in [-0.39, 0.29) is 11.8 Å². The molecule has 4 heterocycles. The zero-order chi connectivity index (χ0) is 19.1. The molecule has 28 heavy (non-hydrogen) atoms. The Morgan fingerprint density at radius 3 is 2.54 bits per heavy atom. The molecular weight excluding hydrogens is 356 g/mol. The molecule has 2 fully saturated rings. The van der Waals surface area contributed by atoms with Crippen LogP contribution in [0.4, 0.5) is 17.3 Å². The first-order chi connectivity index (χ1) is 13.7. The number of rotatable bonds is 4. The van der Waals surface area contributed by atoms with Crippen molar-refractivity contribution in [3.8, 4) is 0 Å². The molecule has 9 nitrogen and oxygen atoms in total. The fourth-order valence-corrected chi connectivity index (χ4v) is 3.60. The van der Waals surface area contributed by atoms with Gasteiger partial charge < -0.3 is 19.7 Å². The topological polar surface area (TPSA) is 92.1 Å². The van der Waals surface area contributed by atoms with Gasteiger partial charge in [-0.05, 0) is 25.0 Å². The largest absolute Gasteiger partial charge is 0.367 e. The summed E-state index contributed by atoms with van der Waals surface area (Å²) in [6.07, 6.45) is 7.17. The number of fused-ring (bicyclic) bond motifs is 1. The van der Waals surface area contributed by atoms with E-state index in [0.29, 0.717) is 5.82 Å². The van der Waals surface area contributed by atoms with Crippen LogP contribution in [-0.4, -0.2) is 56.6 Å². The standard InChI is InChI=1S/C19H22N8O/c1-25-12-23-17-16(25)18(22-11-21-17)27-8-6-26(7-9-27)14-4-5-15(20-10-14)24-19(28)13-2-3-13/h4-5,10-13H,2-3,6-9H2,1H3,(H,20,24,28). The Morgan fingerprint density at radius 1 is 1.04 bits per heavy atom. The van der Waals surface area contributed by atoms with E-state index in [0.717, 1.165) is 61.7 Å². The summed E-state index contributed by atoms with van der Waals surface area (Å²) in [4.78, 5) is 33.9. The Morgan fingerprint density at radius 2 is 1.82 bits per heavy atom. The number of nitrogens with one attached hydrogen (secondary N) is 1. The molecule has 2 aliphatic rings. The second kappa shape index (κ2) is 6.74. The van der Waals surface area contributed by atoms with Gasteiger partial charge in [0.2, 0.25) is 5.91 Å². The number of amides is 1. The third-order valence-corrected chi connectivity index (χ3v) is 5.38. The fraction of sp³-hybridized carbons (Fsp3) is 0.421. The number of aryl methyl sites for hydroxylation is 1. The summed E-state index contributed by atoms with van der Waals surface area (Å²) in [6.45, 7) is 3.46. The minimum Gasteiger partial charge on any atom is -0.367 e. The summed E-state index contributed by atoms with van der Waals surface area (Å²) < 4.78 is 1.97. The highest BCUT2D eigenvalue weighted by atomic mass is 16.2. The zero-order valence-corrected chi connectivity index (χ0v) is 15.7. The minimum absolute atomic E-state index is 0.0835. The number of aromatic nitrogens is 5. The van der Waals surface area contributed by atoms with Crippen molar-refractivity contribution in [1.29, 1.82) is 0 Å². The number of nitrogens with zero attached hydrogens (tertiary/aromatic N) is 7. The number of hydrogen-bond donors (Lipinski definition) is 1. The van der Waals surface area contributed by atoms with Crippen LogP contribution >= 0.6 is 0 Å². The van der Waals surface area contributed by atoms with Gasteiger partial charge in [-0.1, -0.05) is 0 Å². The molecule has 1 saturated heterocycles.